The van der Waals surface area contributed by atoms with E-state index in [0.717, 1.165) is 17.1 Å². The number of aryl methyl sites for hydroxylation is 2. The number of hydrogen-bond acceptors (Lipinski definition) is 0. The first kappa shape index (κ1) is 36.8. The van der Waals surface area contributed by atoms with E-state index in [1.807, 2.05) is 0 Å². The Kier molecular flexibility index (Phi) is 7.79. The highest BCUT2D eigenvalue weighted by Gasteiger charge is 2.23. The minimum absolute atomic E-state index is 1.13. The highest BCUT2D eigenvalue weighted by Crippen LogP contribution is 2.45. The third-order valence-corrected chi connectivity index (χ3v) is 14.0. The number of aromatic nitrogens is 4. The summed E-state index contributed by atoms with van der Waals surface area (Å²) >= 11 is 0. The summed E-state index contributed by atoms with van der Waals surface area (Å²) in [5, 5.41) is 9.99. The van der Waals surface area contributed by atoms with Crippen molar-refractivity contribution in [3.05, 3.63) is 230 Å². The van der Waals surface area contributed by atoms with Crippen LogP contribution in [-0.2, 0) is 0 Å². The summed E-state index contributed by atoms with van der Waals surface area (Å²) in [4.78, 5) is 0. The Balaban J connectivity index is 1.00. The zero-order valence-electron chi connectivity index (χ0n) is 36.6. The van der Waals surface area contributed by atoms with Gasteiger partial charge in [-0.25, -0.2) is 0 Å². The van der Waals surface area contributed by atoms with Gasteiger partial charge in [-0.05, 0) is 122 Å². The molecule has 0 unspecified atom stereocenters. The Bertz CT molecular complexity index is 4290. The largest absolute Gasteiger partial charge is 0.309 e. The number of nitrogens with zero attached hydrogens (tertiary/aromatic N) is 4. The highest BCUT2D eigenvalue weighted by molar-refractivity contribution is 6.28. The predicted octanol–water partition coefficient (Wildman–Crippen LogP) is 16.4. The van der Waals surface area contributed by atoms with E-state index in [0.29, 0.717) is 0 Å². The van der Waals surface area contributed by atoms with E-state index in [9.17, 15) is 0 Å². The van der Waals surface area contributed by atoms with E-state index in [4.69, 9.17) is 0 Å². The summed E-state index contributed by atoms with van der Waals surface area (Å²) in [7, 11) is 0. The van der Waals surface area contributed by atoms with Crippen LogP contribution >= 0.6 is 0 Å². The Morgan fingerprint density at radius 3 is 1.38 bits per heavy atom. The Morgan fingerprint density at radius 2 is 0.712 bits per heavy atom. The summed E-state index contributed by atoms with van der Waals surface area (Å²) in [5.41, 5.74) is 19.1. The number of rotatable bonds is 5. The maximum Gasteiger partial charge on any atom is 0.0641 e. The van der Waals surface area contributed by atoms with E-state index < -0.39 is 0 Å². The van der Waals surface area contributed by atoms with Crippen molar-refractivity contribution >= 4 is 87.2 Å². The summed E-state index contributed by atoms with van der Waals surface area (Å²) in [6, 6.07) is 80.7. The topological polar surface area (TPSA) is 19.7 Å². The van der Waals surface area contributed by atoms with Crippen LogP contribution in [0, 0.1) is 13.8 Å². The van der Waals surface area contributed by atoms with Gasteiger partial charge in [0.15, 0.2) is 0 Å². The maximum atomic E-state index is 2.48. The zero-order chi connectivity index (χ0) is 43.6. The molecule has 0 radical (unpaired) electrons. The van der Waals surface area contributed by atoms with Crippen LogP contribution in [0.1, 0.15) is 11.1 Å². The molecule has 4 nitrogen and oxygen atoms in total. The van der Waals surface area contributed by atoms with Crippen molar-refractivity contribution in [1.29, 1.82) is 0 Å². The van der Waals surface area contributed by atoms with Crippen molar-refractivity contribution in [1.82, 2.24) is 18.3 Å². The molecule has 0 N–H and O–H groups in total. The van der Waals surface area contributed by atoms with E-state index in [-0.39, 0.29) is 0 Å². The fourth-order valence-electron chi connectivity index (χ4n) is 11.2. The van der Waals surface area contributed by atoms with E-state index >= 15 is 0 Å². The van der Waals surface area contributed by atoms with Crippen LogP contribution < -0.4 is 0 Å². The monoisotopic (exact) mass is 842 g/mol. The first-order valence-electron chi connectivity index (χ1n) is 22.8. The van der Waals surface area contributed by atoms with Crippen molar-refractivity contribution in [2.75, 3.05) is 0 Å². The van der Waals surface area contributed by atoms with Crippen LogP contribution in [-0.4, -0.2) is 18.3 Å². The molecular formula is C62H42N4. The molecule has 0 aliphatic rings. The molecule has 0 aliphatic carbocycles. The Hall–Kier alpha value is -8.60. The SMILES string of the molecule is Cc1ccc(-n2c3ccccc3c3c2ccc2c4cc(-c5cccc(-n6c7ccccc7c7c6ccc6c8ccccc8n(-c8cccc(C)c8)c67)c5)ccc4n(-c4ccccc4)c23)cc1. The van der Waals surface area contributed by atoms with Crippen LogP contribution in [0.2, 0.25) is 0 Å². The molecule has 0 amide bonds. The van der Waals surface area contributed by atoms with Gasteiger partial charge in [-0.2, -0.15) is 0 Å². The van der Waals surface area contributed by atoms with Crippen LogP contribution in [0.25, 0.3) is 121 Å². The molecule has 66 heavy (non-hydrogen) atoms. The second kappa shape index (κ2) is 13.9. The highest BCUT2D eigenvalue weighted by atomic mass is 15.0. The van der Waals surface area contributed by atoms with Gasteiger partial charge in [0.2, 0.25) is 0 Å². The first-order chi connectivity index (χ1) is 32.6. The lowest BCUT2D eigenvalue weighted by Crippen LogP contribution is -1.96. The smallest absolute Gasteiger partial charge is 0.0641 e. The molecule has 10 aromatic carbocycles. The van der Waals surface area contributed by atoms with Gasteiger partial charge in [0.1, 0.15) is 0 Å². The lowest BCUT2D eigenvalue weighted by Gasteiger charge is -2.12. The molecule has 14 rings (SSSR count). The molecule has 4 heteroatoms. The number of para-hydroxylation sites is 4. The van der Waals surface area contributed by atoms with E-state index in [1.54, 1.807) is 0 Å². The Labute approximate surface area is 381 Å². The molecule has 0 saturated carbocycles. The van der Waals surface area contributed by atoms with E-state index in [2.05, 4.69) is 251 Å². The Morgan fingerprint density at radius 1 is 0.242 bits per heavy atom. The van der Waals surface area contributed by atoms with Gasteiger partial charge in [0, 0.05) is 65.8 Å². The maximum absolute atomic E-state index is 2.48. The van der Waals surface area contributed by atoms with E-state index in [1.165, 1.54) is 115 Å². The van der Waals surface area contributed by atoms with Crippen molar-refractivity contribution in [3.8, 4) is 33.9 Å². The molecule has 0 bridgehead atoms. The molecule has 0 fully saturated rings. The lowest BCUT2D eigenvalue weighted by atomic mass is 10.0. The third kappa shape index (κ3) is 5.21. The van der Waals surface area contributed by atoms with Gasteiger partial charge in [-0.15, -0.1) is 0 Å². The van der Waals surface area contributed by atoms with Gasteiger partial charge in [-0.3, -0.25) is 0 Å². The molecule has 4 aromatic heterocycles. The quantitative estimate of drug-likeness (QED) is 0.164. The van der Waals surface area contributed by atoms with Gasteiger partial charge >= 0.3 is 0 Å². The number of benzene rings is 10. The molecule has 0 atom stereocenters. The zero-order valence-corrected chi connectivity index (χ0v) is 36.6. The first-order valence-corrected chi connectivity index (χ1v) is 22.8. The van der Waals surface area contributed by atoms with Crippen molar-refractivity contribution in [3.63, 3.8) is 0 Å². The molecule has 4 heterocycles. The normalized spacial score (nSPS) is 12.1. The lowest BCUT2D eigenvalue weighted by molar-refractivity contribution is 1.17. The van der Waals surface area contributed by atoms with Gasteiger partial charge in [-0.1, -0.05) is 133 Å². The van der Waals surface area contributed by atoms with Gasteiger partial charge in [0.05, 0.1) is 44.1 Å². The number of hydrogen-bond donors (Lipinski definition) is 0. The second-order valence-corrected chi connectivity index (χ2v) is 17.9. The van der Waals surface area contributed by atoms with Crippen molar-refractivity contribution < 1.29 is 0 Å². The van der Waals surface area contributed by atoms with Crippen molar-refractivity contribution in [2.45, 2.75) is 13.8 Å². The van der Waals surface area contributed by atoms with Crippen LogP contribution in [0.3, 0.4) is 0 Å². The van der Waals surface area contributed by atoms with Crippen LogP contribution in [0.4, 0.5) is 0 Å². The molecule has 14 aromatic rings. The molecule has 0 spiro atoms. The molecule has 0 aliphatic heterocycles. The van der Waals surface area contributed by atoms with Gasteiger partial charge in [0.25, 0.3) is 0 Å². The summed E-state index contributed by atoms with van der Waals surface area (Å²) in [6.07, 6.45) is 0. The fraction of sp³-hybridized carbons (Fsp3) is 0.0323. The van der Waals surface area contributed by atoms with Gasteiger partial charge < -0.3 is 18.3 Å². The van der Waals surface area contributed by atoms with Crippen molar-refractivity contribution in [2.24, 2.45) is 0 Å². The second-order valence-electron chi connectivity index (χ2n) is 17.9. The molecule has 310 valence electrons. The summed E-state index contributed by atoms with van der Waals surface area (Å²) < 4.78 is 9.85. The average molecular weight is 843 g/mol. The standard InChI is InChI=1S/C62H42N4/c1-39-26-29-44(30-27-39)63-54-24-10-7-21-50(54)59-57(63)35-32-49-52-38-42(28-33-56(52)65(62(49)59)43-16-4-3-5-17-43)41-15-13-19-46(37-41)64-55-25-11-8-22-51(55)60-58(64)34-31-48-47-20-6-9-23-53(47)66(61(48)60)45-18-12-14-40(2)36-45/h3-38H,1-2H3. The van der Waals surface area contributed by atoms with Crippen LogP contribution in [0.5, 0.6) is 0 Å². The third-order valence-electron chi connectivity index (χ3n) is 14.0. The summed E-state index contributed by atoms with van der Waals surface area (Å²) in [6.45, 7) is 4.33. The summed E-state index contributed by atoms with van der Waals surface area (Å²) in [5.74, 6) is 0. The minimum atomic E-state index is 1.13. The molecular weight excluding hydrogens is 801 g/mol. The fourth-order valence-corrected chi connectivity index (χ4v) is 11.2. The minimum Gasteiger partial charge on any atom is -0.309 e. The predicted molar refractivity (Wildman–Crippen MR) is 279 cm³/mol. The molecule has 0 saturated heterocycles. The average Bonchev–Trinajstić information content (AvgIpc) is 4.09. The van der Waals surface area contributed by atoms with Crippen LogP contribution in [0.15, 0.2) is 218 Å². The number of fused-ring (bicyclic) bond motifs is 14.